The Morgan fingerprint density at radius 2 is 1.96 bits per heavy atom. The zero-order chi connectivity index (χ0) is 17.7. The minimum atomic E-state index is -0.311. The van der Waals surface area contributed by atoms with Gasteiger partial charge in [-0.15, -0.1) is 0 Å². The molecule has 0 radical (unpaired) electrons. The molecule has 1 saturated carbocycles. The molecule has 1 N–H and O–H groups in total. The highest BCUT2D eigenvalue weighted by Gasteiger charge is 2.44. The van der Waals surface area contributed by atoms with Crippen LogP contribution in [0.5, 0.6) is 0 Å². The van der Waals surface area contributed by atoms with Gasteiger partial charge in [0.05, 0.1) is 18.3 Å². The number of hydrogen-bond acceptors (Lipinski definition) is 3. The number of aromatic amines is 1. The highest BCUT2D eigenvalue weighted by atomic mass is 16.5. The van der Waals surface area contributed by atoms with Crippen molar-refractivity contribution in [3.05, 3.63) is 56.2 Å². The van der Waals surface area contributed by atoms with E-state index in [-0.39, 0.29) is 22.8 Å². The van der Waals surface area contributed by atoms with E-state index in [9.17, 15) is 9.59 Å². The summed E-state index contributed by atoms with van der Waals surface area (Å²) in [6, 6.07) is 8.18. The van der Waals surface area contributed by atoms with Crippen LogP contribution in [0.15, 0.2) is 33.9 Å². The first kappa shape index (κ1) is 16.1. The standard InChI is InChI=1S/C21H24N2O3/c24-19-17-18(22-20(25)23(19)13-15-7-5-11-26-15)16-8-2-1-6-14(16)12-21(17)9-3-4-10-21/h1-2,6,8,15H,3-5,7,9-13H2,(H,22,25)/t15-/m0/s1. The van der Waals surface area contributed by atoms with Crippen LogP contribution in [0.2, 0.25) is 0 Å². The number of benzene rings is 1. The van der Waals surface area contributed by atoms with E-state index in [4.69, 9.17) is 4.74 Å². The second-order valence-electron chi connectivity index (χ2n) is 8.05. The average molecular weight is 352 g/mol. The predicted octanol–water partition coefficient (Wildman–Crippen LogP) is 2.75. The maximum Gasteiger partial charge on any atom is 0.328 e. The van der Waals surface area contributed by atoms with Gasteiger partial charge in [0.15, 0.2) is 0 Å². The van der Waals surface area contributed by atoms with E-state index in [1.807, 2.05) is 18.2 Å². The molecule has 1 saturated heterocycles. The summed E-state index contributed by atoms with van der Waals surface area (Å²) >= 11 is 0. The maximum absolute atomic E-state index is 13.5. The van der Waals surface area contributed by atoms with Gasteiger partial charge in [-0.2, -0.15) is 0 Å². The Balaban J connectivity index is 1.73. The Kier molecular flexibility index (Phi) is 3.67. The highest BCUT2D eigenvalue weighted by Crippen LogP contribution is 2.49. The number of ether oxygens (including phenoxy) is 1. The molecule has 3 aliphatic rings. The summed E-state index contributed by atoms with van der Waals surface area (Å²) in [6.45, 7) is 1.08. The van der Waals surface area contributed by atoms with Crippen molar-refractivity contribution in [2.24, 2.45) is 0 Å². The summed E-state index contributed by atoms with van der Waals surface area (Å²) < 4.78 is 7.06. The van der Waals surface area contributed by atoms with E-state index >= 15 is 0 Å². The lowest BCUT2D eigenvalue weighted by Gasteiger charge is -2.36. The van der Waals surface area contributed by atoms with Gasteiger partial charge in [-0.05, 0) is 37.7 Å². The Labute approximate surface area is 152 Å². The number of H-pyrrole nitrogens is 1. The van der Waals surface area contributed by atoms with Crippen molar-refractivity contribution in [2.45, 2.75) is 63.0 Å². The van der Waals surface area contributed by atoms with Crippen LogP contribution in [0.4, 0.5) is 0 Å². The number of fused-ring (bicyclic) bond motifs is 4. The molecule has 2 fully saturated rings. The van der Waals surface area contributed by atoms with E-state index in [1.165, 1.54) is 10.1 Å². The predicted molar refractivity (Wildman–Crippen MR) is 99.6 cm³/mol. The molecule has 136 valence electrons. The maximum atomic E-state index is 13.5. The zero-order valence-electron chi connectivity index (χ0n) is 14.9. The minimum absolute atomic E-state index is 0.0257. The first-order valence-corrected chi connectivity index (χ1v) is 9.75. The highest BCUT2D eigenvalue weighted by molar-refractivity contribution is 5.71. The first-order chi connectivity index (χ1) is 12.7. The molecule has 0 bridgehead atoms. The lowest BCUT2D eigenvalue weighted by molar-refractivity contribution is 0.0948. The smallest absolute Gasteiger partial charge is 0.328 e. The molecule has 5 nitrogen and oxygen atoms in total. The van der Waals surface area contributed by atoms with Crippen molar-refractivity contribution in [2.75, 3.05) is 6.61 Å². The van der Waals surface area contributed by atoms with Gasteiger partial charge in [0, 0.05) is 23.1 Å². The number of aromatic nitrogens is 2. The molecule has 1 atom stereocenters. The second kappa shape index (κ2) is 5.95. The molecule has 1 spiro atoms. The molecule has 2 heterocycles. The lowest BCUT2D eigenvalue weighted by atomic mass is 9.68. The Morgan fingerprint density at radius 1 is 1.15 bits per heavy atom. The minimum Gasteiger partial charge on any atom is -0.376 e. The number of hydrogen-bond donors (Lipinski definition) is 1. The van der Waals surface area contributed by atoms with E-state index in [2.05, 4.69) is 11.1 Å². The van der Waals surface area contributed by atoms with E-state index < -0.39 is 0 Å². The van der Waals surface area contributed by atoms with Gasteiger partial charge >= 0.3 is 5.69 Å². The third-order valence-electron chi connectivity index (χ3n) is 6.50. The van der Waals surface area contributed by atoms with Crippen LogP contribution in [-0.2, 0) is 23.1 Å². The lowest BCUT2D eigenvalue weighted by Crippen LogP contribution is -2.46. The Hall–Kier alpha value is -2.14. The molecular weight excluding hydrogens is 328 g/mol. The summed E-state index contributed by atoms with van der Waals surface area (Å²) in [7, 11) is 0. The molecule has 1 aromatic carbocycles. The molecule has 0 amide bonds. The van der Waals surface area contributed by atoms with E-state index in [1.54, 1.807) is 0 Å². The molecule has 5 heteroatoms. The fourth-order valence-electron chi connectivity index (χ4n) is 5.27. The molecule has 0 unspecified atom stereocenters. The Bertz CT molecular complexity index is 960. The summed E-state index contributed by atoms with van der Waals surface area (Å²) in [6.07, 6.45) is 7.12. The van der Waals surface area contributed by atoms with Crippen LogP contribution in [0, 0.1) is 0 Å². The van der Waals surface area contributed by atoms with Gasteiger partial charge in [-0.25, -0.2) is 4.79 Å². The van der Waals surface area contributed by atoms with Crippen LogP contribution in [0.1, 0.15) is 49.7 Å². The third-order valence-corrected chi connectivity index (χ3v) is 6.50. The molecule has 1 aromatic heterocycles. The van der Waals surface area contributed by atoms with Gasteiger partial charge < -0.3 is 9.72 Å². The van der Waals surface area contributed by atoms with Crippen molar-refractivity contribution in [3.8, 4) is 11.3 Å². The number of nitrogens with zero attached hydrogens (tertiary/aromatic N) is 1. The molecule has 26 heavy (non-hydrogen) atoms. The van der Waals surface area contributed by atoms with Gasteiger partial charge in [-0.1, -0.05) is 37.1 Å². The normalized spacial score (nSPS) is 23.2. The fraction of sp³-hybridized carbons (Fsp3) is 0.524. The SMILES string of the molecule is O=c1[nH]c2c(c(=O)n1C[C@@H]1CCCO1)C1(CCCC1)Cc1ccccc1-2. The van der Waals surface area contributed by atoms with Gasteiger partial charge in [-0.3, -0.25) is 9.36 Å². The van der Waals surface area contributed by atoms with Crippen molar-refractivity contribution in [1.82, 2.24) is 9.55 Å². The van der Waals surface area contributed by atoms with Crippen molar-refractivity contribution in [1.29, 1.82) is 0 Å². The second-order valence-corrected chi connectivity index (χ2v) is 8.05. The van der Waals surface area contributed by atoms with Crippen LogP contribution < -0.4 is 11.2 Å². The zero-order valence-corrected chi connectivity index (χ0v) is 14.9. The van der Waals surface area contributed by atoms with Crippen LogP contribution in [0.25, 0.3) is 11.3 Å². The topological polar surface area (TPSA) is 64.1 Å². The summed E-state index contributed by atoms with van der Waals surface area (Å²) in [5.41, 5.74) is 3.32. The number of nitrogens with one attached hydrogen (secondary N) is 1. The molecular formula is C21H24N2O3. The van der Waals surface area contributed by atoms with Crippen LogP contribution in [0.3, 0.4) is 0 Å². The fourth-order valence-corrected chi connectivity index (χ4v) is 5.27. The first-order valence-electron chi connectivity index (χ1n) is 9.75. The van der Waals surface area contributed by atoms with Gasteiger partial charge in [0.2, 0.25) is 0 Å². The molecule has 2 aliphatic carbocycles. The van der Waals surface area contributed by atoms with Crippen molar-refractivity contribution < 1.29 is 4.74 Å². The Morgan fingerprint density at radius 3 is 2.73 bits per heavy atom. The van der Waals surface area contributed by atoms with Crippen LogP contribution >= 0.6 is 0 Å². The summed E-state index contributed by atoms with van der Waals surface area (Å²) in [4.78, 5) is 29.3. The van der Waals surface area contributed by atoms with E-state index in [0.717, 1.165) is 68.4 Å². The monoisotopic (exact) mass is 352 g/mol. The van der Waals surface area contributed by atoms with Crippen molar-refractivity contribution in [3.63, 3.8) is 0 Å². The molecule has 1 aliphatic heterocycles. The molecule has 2 aromatic rings. The average Bonchev–Trinajstić information content (AvgIpc) is 3.31. The quantitative estimate of drug-likeness (QED) is 0.904. The molecule has 5 rings (SSSR count). The largest absolute Gasteiger partial charge is 0.376 e. The summed E-state index contributed by atoms with van der Waals surface area (Å²) in [5.74, 6) is 0. The number of rotatable bonds is 2. The third kappa shape index (κ3) is 2.33. The van der Waals surface area contributed by atoms with Crippen LogP contribution in [-0.4, -0.2) is 22.3 Å². The van der Waals surface area contributed by atoms with Crippen molar-refractivity contribution >= 4 is 0 Å². The summed E-state index contributed by atoms with van der Waals surface area (Å²) in [5, 5.41) is 0. The van der Waals surface area contributed by atoms with Gasteiger partial charge in [0.1, 0.15) is 0 Å². The van der Waals surface area contributed by atoms with Gasteiger partial charge in [0.25, 0.3) is 5.56 Å². The van der Waals surface area contributed by atoms with E-state index in [0.29, 0.717) is 6.54 Å².